The Bertz CT molecular complexity index is 671. The molecule has 0 unspecified atom stereocenters. The molecule has 5 nitrogen and oxygen atoms in total. The summed E-state index contributed by atoms with van der Waals surface area (Å²) in [6, 6.07) is 6.52. The molecule has 1 aliphatic heterocycles. The molecule has 17 heavy (non-hydrogen) atoms. The molecule has 1 N–H and O–H groups in total. The van der Waals surface area contributed by atoms with Crippen molar-refractivity contribution in [3.8, 4) is 17.0 Å². The molecule has 0 saturated heterocycles. The van der Waals surface area contributed by atoms with Gasteiger partial charge in [-0.1, -0.05) is 0 Å². The maximum absolute atomic E-state index is 11.6. The summed E-state index contributed by atoms with van der Waals surface area (Å²) >= 11 is 0. The first-order valence-electron chi connectivity index (χ1n) is 5.16. The Morgan fingerprint density at radius 3 is 2.59 bits per heavy atom. The highest BCUT2D eigenvalue weighted by atomic mass is 32.2. The summed E-state index contributed by atoms with van der Waals surface area (Å²) in [5, 5.41) is 9.32. The predicted octanol–water partition coefficient (Wildman–Crippen LogP) is 1.04. The van der Waals surface area contributed by atoms with Gasteiger partial charge in [0.1, 0.15) is 5.75 Å². The van der Waals surface area contributed by atoms with Gasteiger partial charge in [0.2, 0.25) is 15.0 Å². The molecule has 1 aliphatic rings. The van der Waals surface area contributed by atoms with E-state index in [0.29, 0.717) is 12.2 Å². The van der Waals surface area contributed by atoms with E-state index in [4.69, 9.17) is 0 Å². The van der Waals surface area contributed by atoms with E-state index in [0.717, 1.165) is 5.56 Å². The molecular weight excluding hydrogens is 240 g/mol. The Morgan fingerprint density at radius 2 is 1.94 bits per heavy atom. The number of aromatic nitrogens is 2. The van der Waals surface area contributed by atoms with E-state index < -0.39 is 9.84 Å². The highest BCUT2D eigenvalue weighted by molar-refractivity contribution is 7.91. The van der Waals surface area contributed by atoms with Gasteiger partial charge in [-0.15, -0.1) is 0 Å². The van der Waals surface area contributed by atoms with Gasteiger partial charge in [-0.25, -0.2) is 13.4 Å². The molecule has 1 aromatic heterocycles. The quantitative estimate of drug-likeness (QED) is 0.821. The molecule has 0 saturated carbocycles. The van der Waals surface area contributed by atoms with Crippen molar-refractivity contribution < 1.29 is 13.5 Å². The van der Waals surface area contributed by atoms with Crippen molar-refractivity contribution in [2.24, 2.45) is 0 Å². The molecule has 2 heterocycles. The first-order chi connectivity index (χ1) is 8.06. The molecule has 3 rings (SSSR count). The Balaban J connectivity index is 2.10. The van der Waals surface area contributed by atoms with Crippen molar-refractivity contribution in [2.75, 3.05) is 5.75 Å². The van der Waals surface area contributed by atoms with E-state index in [1.807, 2.05) is 0 Å². The number of hydrogen-bond donors (Lipinski definition) is 1. The lowest BCUT2D eigenvalue weighted by atomic mass is 10.2. The van der Waals surface area contributed by atoms with Gasteiger partial charge in [0.05, 0.1) is 11.4 Å². The maximum atomic E-state index is 11.6. The summed E-state index contributed by atoms with van der Waals surface area (Å²) in [7, 11) is -3.20. The SMILES string of the molecule is O=S1(=O)CCn2cc(-c3ccc(O)cc3)nc21. The average molecular weight is 250 g/mol. The molecule has 2 aromatic rings. The molecule has 0 radical (unpaired) electrons. The number of nitrogens with zero attached hydrogens (tertiary/aromatic N) is 2. The van der Waals surface area contributed by atoms with Crippen LogP contribution in [0, 0.1) is 0 Å². The third-order valence-corrected chi connectivity index (χ3v) is 4.38. The van der Waals surface area contributed by atoms with Gasteiger partial charge in [-0.3, -0.25) is 0 Å². The summed E-state index contributed by atoms with van der Waals surface area (Å²) in [6.45, 7) is 0.461. The number of aromatic hydroxyl groups is 1. The molecule has 0 atom stereocenters. The van der Waals surface area contributed by atoms with Gasteiger partial charge in [0.15, 0.2) is 0 Å². The zero-order chi connectivity index (χ0) is 12.0. The van der Waals surface area contributed by atoms with E-state index in [-0.39, 0.29) is 16.7 Å². The third kappa shape index (κ3) is 1.61. The highest BCUT2D eigenvalue weighted by Gasteiger charge is 2.29. The normalized spacial score (nSPS) is 16.9. The molecule has 0 aliphatic carbocycles. The second-order valence-corrected chi connectivity index (χ2v) is 5.97. The number of phenols is 1. The van der Waals surface area contributed by atoms with Crippen molar-refractivity contribution >= 4 is 9.84 Å². The predicted molar refractivity (Wildman–Crippen MR) is 61.4 cm³/mol. The zero-order valence-electron chi connectivity index (χ0n) is 8.87. The van der Waals surface area contributed by atoms with E-state index in [1.165, 1.54) is 0 Å². The van der Waals surface area contributed by atoms with Crippen LogP contribution < -0.4 is 0 Å². The van der Waals surface area contributed by atoms with Crippen molar-refractivity contribution in [3.05, 3.63) is 30.5 Å². The van der Waals surface area contributed by atoms with E-state index in [1.54, 1.807) is 35.0 Å². The largest absolute Gasteiger partial charge is 0.508 e. The fourth-order valence-electron chi connectivity index (χ4n) is 1.89. The minimum atomic E-state index is -3.20. The fourth-order valence-corrected chi connectivity index (χ4v) is 3.25. The third-order valence-electron chi connectivity index (χ3n) is 2.78. The van der Waals surface area contributed by atoms with Crippen LogP contribution in [0.25, 0.3) is 11.3 Å². The highest BCUT2D eigenvalue weighted by Crippen LogP contribution is 2.26. The van der Waals surface area contributed by atoms with Crippen LogP contribution in [0.1, 0.15) is 0 Å². The number of aryl methyl sites for hydroxylation is 1. The van der Waals surface area contributed by atoms with Crippen LogP contribution in [0.2, 0.25) is 0 Å². The number of hydrogen-bond acceptors (Lipinski definition) is 4. The van der Waals surface area contributed by atoms with Crippen molar-refractivity contribution in [1.29, 1.82) is 0 Å². The van der Waals surface area contributed by atoms with Gasteiger partial charge >= 0.3 is 0 Å². The van der Waals surface area contributed by atoms with Crippen LogP contribution in [0.3, 0.4) is 0 Å². The number of rotatable bonds is 1. The molecular formula is C11H10N2O3S. The summed E-state index contributed by atoms with van der Waals surface area (Å²) in [4.78, 5) is 4.14. The number of imidazole rings is 1. The molecule has 0 fully saturated rings. The number of sulfone groups is 1. The van der Waals surface area contributed by atoms with Crippen molar-refractivity contribution in [2.45, 2.75) is 11.7 Å². The first-order valence-corrected chi connectivity index (χ1v) is 6.81. The Hall–Kier alpha value is -1.82. The second-order valence-electron chi connectivity index (χ2n) is 3.97. The number of phenolic OH excluding ortho intramolecular Hbond substituents is 1. The van der Waals surface area contributed by atoms with Crippen molar-refractivity contribution in [1.82, 2.24) is 9.55 Å². The van der Waals surface area contributed by atoms with Crippen LogP contribution in [-0.4, -0.2) is 28.8 Å². The van der Waals surface area contributed by atoms with Gasteiger partial charge in [0.25, 0.3) is 0 Å². The van der Waals surface area contributed by atoms with Crippen LogP contribution in [-0.2, 0) is 16.4 Å². The lowest BCUT2D eigenvalue weighted by Gasteiger charge is -1.97. The Morgan fingerprint density at radius 1 is 1.24 bits per heavy atom. The van der Waals surface area contributed by atoms with Gasteiger partial charge in [0, 0.05) is 18.3 Å². The summed E-state index contributed by atoms with van der Waals surface area (Å²) in [5.74, 6) is 0.304. The van der Waals surface area contributed by atoms with E-state index in [2.05, 4.69) is 4.98 Å². The molecule has 0 amide bonds. The Labute approximate surface area is 98.3 Å². The fraction of sp³-hybridized carbons (Fsp3) is 0.182. The van der Waals surface area contributed by atoms with Crippen LogP contribution in [0.4, 0.5) is 0 Å². The van der Waals surface area contributed by atoms with Gasteiger partial charge in [-0.2, -0.15) is 0 Å². The minimum Gasteiger partial charge on any atom is -0.508 e. The van der Waals surface area contributed by atoms with Crippen LogP contribution in [0.15, 0.2) is 35.6 Å². The van der Waals surface area contributed by atoms with Gasteiger partial charge in [-0.05, 0) is 24.3 Å². The maximum Gasteiger partial charge on any atom is 0.228 e. The van der Waals surface area contributed by atoms with Crippen LogP contribution in [0.5, 0.6) is 5.75 Å². The van der Waals surface area contributed by atoms with Crippen LogP contribution >= 0.6 is 0 Å². The summed E-state index contributed by atoms with van der Waals surface area (Å²) in [5.41, 5.74) is 1.41. The van der Waals surface area contributed by atoms with Gasteiger partial charge < -0.3 is 9.67 Å². The van der Waals surface area contributed by atoms with E-state index >= 15 is 0 Å². The first kappa shape index (κ1) is 10.3. The lowest BCUT2D eigenvalue weighted by Crippen LogP contribution is -2.00. The monoisotopic (exact) mass is 250 g/mol. The molecule has 0 bridgehead atoms. The van der Waals surface area contributed by atoms with Crippen molar-refractivity contribution in [3.63, 3.8) is 0 Å². The average Bonchev–Trinajstić information content (AvgIpc) is 2.82. The summed E-state index contributed by atoms with van der Waals surface area (Å²) < 4.78 is 24.9. The number of benzene rings is 1. The molecule has 0 spiro atoms. The van der Waals surface area contributed by atoms with E-state index in [9.17, 15) is 13.5 Å². The standard InChI is InChI=1S/C11H10N2O3S/c14-9-3-1-8(2-4-9)10-7-13-5-6-17(15,16)11(13)12-10/h1-4,7,14H,5-6H2. The second kappa shape index (κ2) is 3.33. The molecule has 1 aromatic carbocycles. The minimum absolute atomic E-state index is 0.130. The molecule has 88 valence electrons. The number of fused-ring (bicyclic) bond motifs is 1. The topological polar surface area (TPSA) is 72.2 Å². The Kier molecular flexibility index (Phi) is 2.03. The zero-order valence-corrected chi connectivity index (χ0v) is 9.68. The lowest BCUT2D eigenvalue weighted by molar-refractivity contribution is 0.475. The molecule has 6 heteroatoms. The summed E-state index contributed by atoms with van der Waals surface area (Å²) in [6.07, 6.45) is 1.73. The smallest absolute Gasteiger partial charge is 0.228 e.